The van der Waals surface area contributed by atoms with Gasteiger partial charge in [0, 0.05) is 10.9 Å². The summed E-state index contributed by atoms with van der Waals surface area (Å²) in [6.07, 6.45) is 0. The van der Waals surface area contributed by atoms with E-state index in [0.29, 0.717) is 15.7 Å². The van der Waals surface area contributed by atoms with E-state index in [-0.39, 0.29) is 5.01 Å². The Morgan fingerprint density at radius 3 is 2.62 bits per heavy atom. The van der Waals surface area contributed by atoms with Crippen LogP contribution in [0.15, 0.2) is 23.6 Å². The predicted molar refractivity (Wildman–Crippen MR) is 64.5 cm³/mol. The van der Waals surface area contributed by atoms with Crippen molar-refractivity contribution in [2.75, 3.05) is 0 Å². The first-order valence-electron chi connectivity index (χ1n) is 4.22. The van der Waals surface area contributed by atoms with Crippen LogP contribution in [0.5, 0.6) is 0 Å². The van der Waals surface area contributed by atoms with E-state index in [1.165, 1.54) is 0 Å². The predicted octanol–water partition coefficient (Wildman–Crippen LogP) is 3.82. The quantitative estimate of drug-likeness (QED) is 0.905. The highest BCUT2D eigenvalue weighted by Gasteiger charge is 2.10. The highest BCUT2D eigenvalue weighted by atomic mass is 35.5. The Kier molecular flexibility index (Phi) is 3.14. The lowest BCUT2D eigenvalue weighted by atomic mass is 10.2. The van der Waals surface area contributed by atoms with Gasteiger partial charge in [-0.05, 0) is 12.1 Å². The average molecular weight is 274 g/mol. The molecule has 82 valence electrons. The molecule has 0 saturated heterocycles. The van der Waals surface area contributed by atoms with Crippen LogP contribution in [-0.4, -0.2) is 16.1 Å². The minimum absolute atomic E-state index is 0.0565. The summed E-state index contributed by atoms with van der Waals surface area (Å²) in [6, 6.07) is 5.05. The second-order valence-corrected chi connectivity index (χ2v) is 4.64. The van der Waals surface area contributed by atoms with Crippen molar-refractivity contribution in [2.45, 2.75) is 0 Å². The van der Waals surface area contributed by atoms with Crippen LogP contribution in [0.25, 0.3) is 11.3 Å². The molecule has 0 fully saturated rings. The fraction of sp³-hybridized carbons (Fsp3) is 0. The minimum atomic E-state index is -1.03. The average Bonchev–Trinajstić information content (AvgIpc) is 2.71. The Morgan fingerprint density at radius 1 is 1.31 bits per heavy atom. The van der Waals surface area contributed by atoms with Gasteiger partial charge >= 0.3 is 5.97 Å². The van der Waals surface area contributed by atoms with Crippen LogP contribution in [0, 0.1) is 0 Å². The summed E-state index contributed by atoms with van der Waals surface area (Å²) in [5, 5.41) is 11.3. The molecule has 0 aliphatic heterocycles. The largest absolute Gasteiger partial charge is 0.476 e. The van der Waals surface area contributed by atoms with Crippen LogP contribution >= 0.6 is 34.5 Å². The molecule has 2 rings (SSSR count). The summed E-state index contributed by atoms with van der Waals surface area (Å²) >= 11 is 12.7. The van der Waals surface area contributed by atoms with E-state index in [2.05, 4.69) is 4.98 Å². The highest BCUT2D eigenvalue weighted by molar-refractivity contribution is 7.11. The number of hydrogen-bond acceptors (Lipinski definition) is 3. The lowest BCUT2D eigenvalue weighted by Crippen LogP contribution is -1.94. The number of halogens is 2. The monoisotopic (exact) mass is 273 g/mol. The van der Waals surface area contributed by atoms with Gasteiger partial charge in [-0.2, -0.15) is 0 Å². The molecule has 1 heterocycles. The summed E-state index contributed by atoms with van der Waals surface area (Å²) < 4.78 is 0. The molecule has 0 atom stereocenters. The summed E-state index contributed by atoms with van der Waals surface area (Å²) in [6.45, 7) is 0. The summed E-state index contributed by atoms with van der Waals surface area (Å²) in [7, 11) is 0. The molecule has 0 unspecified atom stereocenters. The smallest absolute Gasteiger partial charge is 0.365 e. The van der Waals surface area contributed by atoms with Crippen molar-refractivity contribution >= 4 is 40.5 Å². The maximum absolute atomic E-state index is 10.7. The molecule has 6 heteroatoms. The zero-order valence-electron chi connectivity index (χ0n) is 7.78. The Hall–Kier alpha value is -1.10. The van der Waals surface area contributed by atoms with Crippen molar-refractivity contribution in [3.63, 3.8) is 0 Å². The summed E-state index contributed by atoms with van der Waals surface area (Å²) in [5.41, 5.74) is 1.33. The number of rotatable bonds is 2. The molecule has 1 aromatic heterocycles. The number of benzene rings is 1. The normalized spacial score (nSPS) is 10.4. The molecular weight excluding hydrogens is 269 g/mol. The van der Waals surface area contributed by atoms with Crippen molar-refractivity contribution in [2.24, 2.45) is 0 Å². The minimum Gasteiger partial charge on any atom is -0.476 e. The lowest BCUT2D eigenvalue weighted by molar-refractivity contribution is 0.0696. The van der Waals surface area contributed by atoms with Crippen molar-refractivity contribution in [1.82, 2.24) is 4.98 Å². The maximum Gasteiger partial charge on any atom is 0.365 e. The number of carboxylic acids is 1. The number of carbonyl (C=O) groups is 1. The molecule has 3 nitrogen and oxygen atoms in total. The van der Waals surface area contributed by atoms with Gasteiger partial charge in [0.05, 0.1) is 15.7 Å². The topological polar surface area (TPSA) is 50.2 Å². The van der Waals surface area contributed by atoms with Gasteiger partial charge in [-0.3, -0.25) is 0 Å². The summed E-state index contributed by atoms with van der Waals surface area (Å²) in [4.78, 5) is 14.6. The SMILES string of the molecule is O=C(O)c1nc(-c2ccc(Cl)c(Cl)c2)cs1. The molecule has 0 radical (unpaired) electrons. The molecule has 0 bridgehead atoms. The van der Waals surface area contributed by atoms with E-state index in [1.54, 1.807) is 23.6 Å². The van der Waals surface area contributed by atoms with Crippen LogP contribution in [0.1, 0.15) is 9.80 Å². The number of nitrogens with zero attached hydrogens (tertiary/aromatic N) is 1. The molecule has 2 aromatic rings. The second kappa shape index (κ2) is 4.41. The van der Waals surface area contributed by atoms with Gasteiger partial charge in [0.25, 0.3) is 0 Å². The second-order valence-electron chi connectivity index (χ2n) is 2.97. The molecule has 0 aliphatic carbocycles. The van der Waals surface area contributed by atoms with Gasteiger partial charge < -0.3 is 5.11 Å². The Bertz CT molecular complexity index is 554. The fourth-order valence-corrected chi connectivity index (χ4v) is 2.12. The van der Waals surface area contributed by atoms with Gasteiger partial charge in [0.2, 0.25) is 5.01 Å². The zero-order valence-corrected chi connectivity index (χ0v) is 10.1. The van der Waals surface area contributed by atoms with Gasteiger partial charge in [0.15, 0.2) is 0 Å². The van der Waals surface area contributed by atoms with Crippen molar-refractivity contribution in [3.05, 3.63) is 38.6 Å². The standard InChI is InChI=1S/C10H5Cl2NO2S/c11-6-2-1-5(3-7(6)12)8-4-16-9(13-8)10(14)15/h1-4H,(H,14,15). The zero-order chi connectivity index (χ0) is 11.7. The molecule has 16 heavy (non-hydrogen) atoms. The van der Waals surface area contributed by atoms with Gasteiger partial charge in [-0.25, -0.2) is 9.78 Å². The van der Waals surface area contributed by atoms with E-state index >= 15 is 0 Å². The fourth-order valence-electron chi connectivity index (χ4n) is 1.16. The van der Waals surface area contributed by atoms with Gasteiger partial charge in [0.1, 0.15) is 0 Å². The number of carboxylic acid groups (broad SMARTS) is 1. The van der Waals surface area contributed by atoms with Crippen LogP contribution in [-0.2, 0) is 0 Å². The molecule has 0 saturated carbocycles. The first kappa shape index (κ1) is 11.4. The van der Waals surface area contributed by atoms with Crippen molar-refractivity contribution in [1.29, 1.82) is 0 Å². The van der Waals surface area contributed by atoms with Gasteiger partial charge in [-0.15, -0.1) is 11.3 Å². The number of aromatic carboxylic acids is 1. The van der Waals surface area contributed by atoms with E-state index in [0.717, 1.165) is 16.9 Å². The van der Waals surface area contributed by atoms with E-state index in [9.17, 15) is 4.79 Å². The molecule has 1 aromatic carbocycles. The van der Waals surface area contributed by atoms with E-state index in [1.807, 2.05) is 0 Å². The van der Waals surface area contributed by atoms with Crippen LogP contribution in [0.4, 0.5) is 0 Å². The third kappa shape index (κ3) is 2.19. The first-order valence-corrected chi connectivity index (χ1v) is 5.86. The number of aromatic nitrogens is 1. The molecule has 0 spiro atoms. The molecular formula is C10H5Cl2NO2S. The first-order chi connectivity index (χ1) is 7.58. The third-order valence-electron chi connectivity index (χ3n) is 1.90. The van der Waals surface area contributed by atoms with Crippen LogP contribution in [0.3, 0.4) is 0 Å². The van der Waals surface area contributed by atoms with Crippen molar-refractivity contribution in [3.8, 4) is 11.3 Å². The Balaban J connectivity index is 2.42. The highest BCUT2D eigenvalue weighted by Crippen LogP contribution is 2.29. The van der Waals surface area contributed by atoms with Gasteiger partial charge in [-0.1, -0.05) is 29.3 Å². The van der Waals surface area contributed by atoms with Crippen molar-refractivity contribution < 1.29 is 9.90 Å². The lowest BCUT2D eigenvalue weighted by Gasteiger charge is -1.99. The third-order valence-corrected chi connectivity index (χ3v) is 3.47. The number of hydrogen-bond donors (Lipinski definition) is 1. The Labute approximate surface area is 105 Å². The van der Waals surface area contributed by atoms with E-state index < -0.39 is 5.97 Å². The molecule has 0 amide bonds. The maximum atomic E-state index is 10.7. The molecule has 1 N–H and O–H groups in total. The number of thiazole rings is 1. The van der Waals surface area contributed by atoms with Crippen LogP contribution < -0.4 is 0 Å². The summed E-state index contributed by atoms with van der Waals surface area (Å²) in [5.74, 6) is -1.03. The van der Waals surface area contributed by atoms with E-state index in [4.69, 9.17) is 28.3 Å². The van der Waals surface area contributed by atoms with Crippen LogP contribution in [0.2, 0.25) is 10.0 Å². The molecule has 0 aliphatic rings. The Morgan fingerprint density at radius 2 is 2.06 bits per heavy atom.